The molecule has 164 valence electrons. The Morgan fingerprint density at radius 1 is 0.970 bits per heavy atom. The van der Waals surface area contributed by atoms with Crippen molar-refractivity contribution in [2.75, 3.05) is 22.5 Å². The van der Waals surface area contributed by atoms with Crippen molar-refractivity contribution in [1.82, 2.24) is 14.8 Å². The lowest BCUT2D eigenvalue weighted by atomic mass is 10.2. The number of amides is 2. The van der Waals surface area contributed by atoms with E-state index in [2.05, 4.69) is 15.5 Å². The molecule has 7 nitrogen and oxygen atoms in total. The van der Waals surface area contributed by atoms with Crippen molar-refractivity contribution >= 4 is 46.6 Å². The third-order valence-electron chi connectivity index (χ3n) is 5.15. The van der Waals surface area contributed by atoms with Crippen molar-refractivity contribution in [1.29, 1.82) is 0 Å². The zero-order valence-corrected chi connectivity index (χ0v) is 18.9. The van der Waals surface area contributed by atoms with E-state index in [1.165, 1.54) is 16.7 Å². The predicted octanol–water partition coefficient (Wildman–Crippen LogP) is 4.67. The summed E-state index contributed by atoms with van der Waals surface area (Å²) in [5.41, 5.74) is 3.05. The molecule has 0 radical (unpaired) electrons. The van der Waals surface area contributed by atoms with Crippen LogP contribution in [0, 0.1) is 0 Å². The Morgan fingerprint density at radius 3 is 2.48 bits per heavy atom. The molecule has 0 spiro atoms. The quantitative estimate of drug-likeness (QED) is 0.424. The Labute approximate surface area is 199 Å². The summed E-state index contributed by atoms with van der Waals surface area (Å²) in [7, 11) is 0. The van der Waals surface area contributed by atoms with Gasteiger partial charge in [0.05, 0.1) is 17.1 Å². The van der Waals surface area contributed by atoms with E-state index in [0.29, 0.717) is 27.4 Å². The minimum Gasteiger partial charge on any atom is -0.323 e. The molecule has 0 unspecified atom stereocenters. The Bertz CT molecular complexity index is 1320. The molecule has 5 rings (SSSR count). The molecule has 33 heavy (non-hydrogen) atoms. The monoisotopic (exact) mass is 475 g/mol. The van der Waals surface area contributed by atoms with Crippen LogP contribution in [-0.4, -0.2) is 38.9 Å². The number of hydrogen-bond donors (Lipinski definition) is 1. The zero-order chi connectivity index (χ0) is 22.8. The van der Waals surface area contributed by atoms with E-state index >= 15 is 0 Å². The molecule has 4 aromatic rings. The lowest BCUT2D eigenvalue weighted by molar-refractivity contribution is -0.120. The fraction of sp³-hybridized carbons (Fsp3) is 0.0833. The van der Waals surface area contributed by atoms with Gasteiger partial charge in [0.2, 0.25) is 11.8 Å². The number of halogens is 1. The Hall–Kier alpha value is -3.62. The molecule has 1 N–H and O–H groups in total. The minimum absolute atomic E-state index is 0.0161. The van der Waals surface area contributed by atoms with Crippen LogP contribution in [0.3, 0.4) is 0 Å². The Morgan fingerprint density at radius 2 is 1.70 bits per heavy atom. The highest BCUT2D eigenvalue weighted by atomic mass is 35.5. The highest BCUT2D eigenvalue weighted by molar-refractivity contribution is 7.99. The molecule has 0 fully saturated rings. The molecule has 9 heteroatoms. The van der Waals surface area contributed by atoms with Gasteiger partial charge in [-0.05, 0) is 48.5 Å². The zero-order valence-electron chi connectivity index (χ0n) is 17.3. The van der Waals surface area contributed by atoms with Gasteiger partial charge in [-0.15, -0.1) is 10.2 Å². The first kappa shape index (κ1) is 21.2. The standard InChI is InChI=1S/C24H18ClN5O2S/c25-17-12-10-16(11-13-17)23-27-28-24(30(23)18-6-2-1-3-7-18)33-15-22(32)29-14-21(31)26-19-8-4-5-9-20(19)29/h1-13H,14-15H2,(H,26,31). The lowest BCUT2D eigenvalue weighted by Crippen LogP contribution is -2.43. The van der Waals surface area contributed by atoms with Crippen LogP contribution in [0.15, 0.2) is 84.0 Å². The largest absolute Gasteiger partial charge is 0.323 e. The second-order valence-electron chi connectivity index (χ2n) is 7.32. The van der Waals surface area contributed by atoms with Gasteiger partial charge in [-0.25, -0.2) is 0 Å². The second-order valence-corrected chi connectivity index (χ2v) is 8.70. The second kappa shape index (κ2) is 9.09. The van der Waals surface area contributed by atoms with Crippen LogP contribution < -0.4 is 10.2 Å². The first-order valence-electron chi connectivity index (χ1n) is 10.2. The summed E-state index contributed by atoms with van der Waals surface area (Å²) in [6, 6.07) is 24.4. The van der Waals surface area contributed by atoms with Crippen LogP contribution in [0.25, 0.3) is 17.1 Å². The van der Waals surface area contributed by atoms with Crippen molar-refractivity contribution in [2.45, 2.75) is 5.16 Å². The maximum atomic E-state index is 13.1. The maximum Gasteiger partial charge on any atom is 0.244 e. The summed E-state index contributed by atoms with van der Waals surface area (Å²) in [5.74, 6) is 0.353. The molecule has 0 saturated carbocycles. The number of anilines is 2. The van der Waals surface area contributed by atoms with E-state index in [4.69, 9.17) is 11.6 Å². The number of hydrogen-bond acceptors (Lipinski definition) is 5. The van der Waals surface area contributed by atoms with Crippen LogP contribution >= 0.6 is 23.4 Å². The van der Waals surface area contributed by atoms with Gasteiger partial charge < -0.3 is 10.2 Å². The number of fused-ring (bicyclic) bond motifs is 1. The molecular formula is C24H18ClN5O2S. The first-order chi connectivity index (χ1) is 16.1. The number of aromatic nitrogens is 3. The fourth-order valence-corrected chi connectivity index (χ4v) is 4.57. The lowest BCUT2D eigenvalue weighted by Gasteiger charge is -2.29. The van der Waals surface area contributed by atoms with Crippen LogP contribution in [0.5, 0.6) is 0 Å². The van der Waals surface area contributed by atoms with Crippen LogP contribution in [0.2, 0.25) is 5.02 Å². The normalized spacial score (nSPS) is 12.9. The first-order valence-corrected chi connectivity index (χ1v) is 11.6. The van der Waals surface area contributed by atoms with Gasteiger partial charge >= 0.3 is 0 Å². The summed E-state index contributed by atoms with van der Waals surface area (Å²) in [6.45, 7) is -0.0161. The summed E-state index contributed by atoms with van der Waals surface area (Å²) >= 11 is 7.33. The van der Waals surface area contributed by atoms with Gasteiger partial charge in [-0.2, -0.15) is 0 Å². The highest BCUT2D eigenvalue weighted by Crippen LogP contribution is 2.32. The van der Waals surface area contributed by atoms with Crippen molar-refractivity contribution in [3.05, 3.63) is 83.9 Å². The van der Waals surface area contributed by atoms with Crippen LogP contribution in [0.4, 0.5) is 11.4 Å². The van der Waals surface area contributed by atoms with E-state index < -0.39 is 0 Å². The molecule has 0 bridgehead atoms. The molecule has 2 amide bonds. The molecule has 1 aromatic heterocycles. The summed E-state index contributed by atoms with van der Waals surface area (Å²) < 4.78 is 1.91. The minimum atomic E-state index is -0.218. The van der Waals surface area contributed by atoms with Crippen LogP contribution in [-0.2, 0) is 9.59 Å². The number of thioether (sulfide) groups is 1. The molecule has 2 heterocycles. The van der Waals surface area contributed by atoms with E-state index in [-0.39, 0.29) is 24.1 Å². The average molecular weight is 476 g/mol. The van der Waals surface area contributed by atoms with Crippen molar-refractivity contribution in [3.63, 3.8) is 0 Å². The van der Waals surface area contributed by atoms with Gasteiger partial charge in [-0.3, -0.25) is 14.2 Å². The maximum absolute atomic E-state index is 13.1. The van der Waals surface area contributed by atoms with E-state index in [0.717, 1.165) is 11.3 Å². The van der Waals surface area contributed by atoms with E-state index in [1.807, 2.05) is 65.2 Å². The number of nitrogens with one attached hydrogen (secondary N) is 1. The van der Waals surface area contributed by atoms with Gasteiger partial charge in [0, 0.05) is 16.3 Å². The Kier molecular flexibility index (Phi) is 5.85. The number of carbonyl (C=O) groups is 2. The molecule has 1 aliphatic heterocycles. The van der Waals surface area contributed by atoms with Gasteiger partial charge in [0.1, 0.15) is 6.54 Å². The Balaban J connectivity index is 1.44. The smallest absolute Gasteiger partial charge is 0.244 e. The van der Waals surface area contributed by atoms with E-state index in [9.17, 15) is 9.59 Å². The SMILES string of the molecule is O=C1CN(C(=O)CSc2nnc(-c3ccc(Cl)cc3)n2-c2ccccc2)c2ccccc2N1. The van der Waals surface area contributed by atoms with Gasteiger partial charge in [-0.1, -0.05) is 53.7 Å². The van der Waals surface area contributed by atoms with Crippen molar-refractivity contribution in [2.24, 2.45) is 0 Å². The summed E-state index contributed by atoms with van der Waals surface area (Å²) in [5, 5.41) is 12.8. The predicted molar refractivity (Wildman–Crippen MR) is 130 cm³/mol. The topological polar surface area (TPSA) is 80.1 Å². The number of rotatable bonds is 5. The molecular weight excluding hydrogens is 458 g/mol. The van der Waals surface area contributed by atoms with Gasteiger partial charge in [0.25, 0.3) is 0 Å². The fourth-order valence-electron chi connectivity index (χ4n) is 3.62. The molecule has 0 atom stereocenters. The number of benzene rings is 3. The average Bonchev–Trinajstić information content (AvgIpc) is 3.27. The number of carbonyl (C=O) groups excluding carboxylic acids is 2. The third kappa shape index (κ3) is 4.35. The molecule has 3 aromatic carbocycles. The highest BCUT2D eigenvalue weighted by Gasteiger charge is 2.27. The van der Waals surface area contributed by atoms with Crippen LogP contribution in [0.1, 0.15) is 0 Å². The molecule has 0 saturated heterocycles. The van der Waals surface area contributed by atoms with E-state index in [1.54, 1.807) is 18.2 Å². The molecule has 0 aliphatic carbocycles. The molecule has 1 aliphatic rings. The number of nitrogens with zero attached hydrogens (tertiary/aromatic N) is 4. The van der Waals surface area contributed by atoms with Crippen molar-refractivity contribution < 1.29 is 9.59 Å². The van der Waals surface area contributed by atoms with Gasteiger partial charge in [0.15, 0.2) is 11.0 Å². The number of para-hydroxylation sites is 3. The summed E-state index contributed by atoms with van der Waals surface area (Å²) in [4.78, 5) is 26.7. The third-order valence-corrected chi connectivity index (χ3v) is 6.31. The van der Waals surface area contributed by atoms with Crippen molar-refractivity contribution in [3.8, 4) is 17.1 Å². The summed E-state index contributed by atoms with van der Waals surface area (Å²) in [6.07, 6.45) is 0.